The van der Waals surface area contributed by atoms with Crippen LogP contribution in [0.1, 0.15) is 17.4 Å². The molecule has 2 aliphatic rings. The molecule has 1 atom stereocenters. The van der Waals surface area contributed by atoms with Crippen molar-refractivity contribution in [3.63, 3.8) is 0 Å². The molecule has 3 heterocycles. The van der Waals surface area contributed by atoms with Gasteiger partial charge in [-0.05, 0) is 23.8 Å². The monoisotopic (exact) mass is 363 g/mol. The van der Waals surface area contributed by atoms with E-state index in [1.807, 2.05) is 0 Å². The van der Waals surface area contributed by atoms with E-state index >= 15 is 0 Å². The minimum atomic E-state index is -0.370. The molecule has 0 bridgehead atoms. The molecule has 1 aromatic heterocycles. The first-order valence-corrected chi connectivity index (χ1v) is 8.02. The molecule has 1 unspecified atom stereocenters. The van der Waals surface area contributed by atoms with Crippen LogP contribution in [0.3, 0.4) is 0 Å². The van der Waals surface area contributed by atoms with E-state index in [1.165, 1.54) is 12.5 Å². The average Bonchev–Trinajstić information content (AvgIpc) is 3.31. The van der Waals surface area contributed by atoms with Gasteiger partial charge in [0.05, 0.1) is 18.2 Å². The third-order valence-corrected chi connectivity index (χ3v) is 4.24. The molecule has 0 saturated carbocycles. The van der Waals surface area contributed by atoms with Crippen LogP contribution in [0.4, 0.5) is 0 Å². The summed E-state index contributed by atoms with van der Waals surface area (Å²) in [7, 11) is 0. The number of carbonyl (C=O) groups excluding carboxylic acids is 1. The molecular weight excluding hydrogens is 350 g/mol. The predicted octanol–water partition coefficient (Wildman–Crippen LogP) is 2.06. The lowest BCUT2D eigenvalue weighted by Gasteiger charge is -2.32. The van der Waals surface area contributed by atoms with Crippen LogP contribution in [0.25, 0.3) is 6.08 Å². The van der Waals surface area contributed by atoms with Crippen molar-refractivity contribution in [2.24, 2.45) is 0 Å². The quantitative estimate of drug-likeness (QED) is 0.771. The first-order chi connectivity index (χ1) is 12.2. The zero-order chi connectivity index (χ0) is 17.2. The number of nitrogens with zero attached hydrogens (tertiary/aromatic N) is 3. The minimum absolute atomic E-state index is 0.140. The van der Waals surface area contributed by atoms with Crippen molar-refractivity contribution in [3.05, 3.63) is 41.0 Å². The number of amides is 1. The molecule has 4 rings (SSSR count). The van der Waals surface area contributed by atoms with Gasteiger partial charge >= 0.3 is 0 Å². The highest BCUT2D eigenvalue weighted by atomic mass is 35.5. The second kappa shape index (κ2) is 6.73. The Labute approximate surface area is 147 Å². The van der Waals surface area contributed by atoms with Gasteiger partial charge in [0.1, 0.15) is 6.04 Å². The maximum atomic E-state index is 12.6. The molecule has 2 aromatic rings. The molecule has 8 nitrogen and oxygen atoms in total. The van der Waals surface area contributed by atoms with Gasteiger partial charge in [0, 0.05) is 12.6 Å². The van der Waals surface area contributed by atoms with Crippen LogP contribution in [0.15, 0.2) is 29.1 Å². The zero-order valence-electron chi connectivity index (χ0n) is 13.1. The number of aromatic nitrogens is 2. The molecule has 9 heteroatoms. The molecule has 1 fully saturated rings. The molecule has 0 aliphatic carbocycles. The highest BCUT2D eigenvalue weighted by Crippen LogP contribution is 2.40. The molecular formula is C16H14ClN3O5. The van der Waals surface area contributed by atoms with Crippen LogP contribution >= 0.6 is 11.6 Å². The summed E-state index contributed by atoms with van der Waals surface area (Å²) in [6.45, 7) is 1.38. The first kappa shape index (κ1) is 15.9. The van der Waals surface area contributed by atoms with E-state index in [0.717, 1.165) is 5.56 Å². The number of rotatable bonds is 3. The van der Waals surface area contributed by atoms with Crippen LogP contribution in [0.5, 0.6) is 11.5 Å². The van der Waals surface area contributed by atoms with Gasteiger partial charge in [0.15, 0.2) is 17.3 Å². The minimum Gasteiger partial charge on any atom is -0.454 e. The second-order valence-corrected chi connectivity index (χ2v) is 5.89. The highest BCUT2D eigenvalue weighted by molar-refractivity contribution is 6.32. The Kier molecular flexibility index (Phi) is 4.29. The van der Waals surface area contributed by atoms with Crippen LogP contribution in [0.2, 0.25) is 5.02 Å². The third kappa shape index (κ3) is 3.18. The molecule has 1 saturated heterocycles. The van der Waals surface area contributed by atoms with Crippen LogP contribution in [-0.4, -0.2) is 47.5 Å². The summed E-state index contributed by atoms with van der Waals surface area (Å²) in [4.78, 5) is 18.3. The molecule has 0 radical (unpaired) electrons. The number of morpholine rings is 1. The summed E-state index contributed by atoms with van der Waals surface area (Å²) >= 11 is 6.15. The van der Waals surface area contributed by atoms with Crippen LogP contribution in [0, 0.1) is 0 Å². The van der Waals surface area contributed by atoms with Crippen LogP contribution < -0.4 is 9.47 Å². The fourth-order valence-electron chi connectivity index (χ4n) is 2.75. The number of fused-ring (bicyclic) bond motifs is 1. The molecule has 0 spiro atoms. The first-order valence-electron chi connectivity index (χ1n) is 7.64. The molecule has 2 aliphatic heterocycles. The van der Waals surface area contributed by atoms with Crippen LogP contribution in [-0.2, 0) is 9.53 Å². The molecule has 130 valence electrons. The van der Waals surface area contributed by atoms with E-state index in [0.29, 0.717) is 42.1 Å². The summed E-state index contributed by atoms with van der Waals surface area (Å²) in [5.74, 6) is 1.34. The molecule has 0 N–H and O–H groups in total. The Hall–Kier alpha value is -2.58. The van der Waals surface area contributed by atoms with Gasteiger partial charge in [-0.25, -0.2) is 0 Å². The summed E-state index contributed by atoms with van der Waals surface area (Å²) in [6.07, 6.45) is 4.39. The second-order valence-electron chi connectivity index (χ2n) is 5.48. The Morgan fingerprint density at radius 1 is 1.36 bits per heavy atom. The van der Waals surface area contributed by atoms with E-state index in [1.54, 1.807) is 23.1 Å². The van der Waals surface area contributed by atoms with Crippen molar-refractivity contribution >= 4 is 23.6 Å². The third-order valence-electron chi connectivity index (χ3n) is 3.96. The van der Waals surface area contributed by atoms with Crippen molar-refractivity contribution in [1.82, 2.24) is 15.0 Å². The lowest BCUT2D eigenvalue weighted by atomic mass is 10.1. The lowest BCUT2D eigenvalue weighted by Crippen LogP contribution is -2.43. The van der Waals surface area contributed by atoms with E-state index in [2.05, 4.69) is 10.1 Å². The van der Waals surface area contributed by atoms with Gasteiger partial charge in [0.2, 0.25) is 19.1 Å². The highest BCUT2D eigenvalue weighted by Gasteiger charge is 2.30. The smallest absolute Gasteiger partial charge is 0.247 e. The maximum Gasteiger partial charge on any atom is 0.247 e. The van der Waals surface area contributed by atoms with Crippen molar-refractivity contribution in [3.8, 4) is 11.5 Å². The van der Waals surface area contributed by atoms with E-state index < -0.39 is 0 Å². The summed E-state index contributed by atoms with van der Waals surface area (Å²) < 4.78 is 20.8. The normalized spacial score (nSPS) is 19.6. The van der Waals surface area contributed by atoms with Crippen molar-refractivity contribution in [1.29, 1.82) is 0 Å². The van der Waals surface area contributed by atoms with Crippen molar-refractivity contribution in [2.45, 2.75) is 6.04 Å². The van der Waals surface area contributed by atoms with E-state index in [-0.39, 0.29) is 18.7 Å². The fourth-order valence-corrected chi connectivity index (χ4v) is 3.03. The predicted molar refractivity (Wildman–Crippen MR) is 86.2 cm³/mol. The maximum absolute atomic E-state index is 12.6. The van der Waals surface area contributed by atoms with Gasteiger partial charge in [0.25, 0.3) is 0 Å². The SMILES string of the molecule is O=C(C=Cc1cc(Cl)c2c(c1)OCO2)N1CCOCC1c1ncon1. The lowest BCUT2D eigenvalue weighted by molar-refractivity contribution is -0.135. The number of ether oxygens (including phenoxy) is 3. The Bertz CT molecular complexity index is 808. The van der Waals surface area contributed by atoms with Gasteiger partial charge < -0.3 is 23.6 Å². The number of hydrogen-bond acceptors (Lipinski definition) is 7. The van der Waals surface area contributed by atoms with E-state index in [9.17, 15) is 4.79 Å². The molecule has 1 amide bonds. The van der Waals surface area contributed by atoms with Gasteiger partial charge in [-0.3, -0.25) is 4.79 Å². The number of benzene rings is 1. The Morgan fingerprint density at radius 3 is 3.12 bits per heavy atom. The Balaban J connectivity index is 1.52. The zero-order valence-corrected chi connectivity index (χ0v) is 13.8. The number of hydrogen-bond donors (Lipinski definition) is 0. The summed E-state index contributed by atoms with van der Waals surface area (Å²) in [6, 6.07) is 3.12. The van der Waals surface area contributed by atoms with Gasteiger partial charge in [-0.2, -0.15) is 4.98 Å². The number of carbonyl (C=O) groups is 1. The topological polar surface area (TPSA) is 86.9 Å². The molecule has 25 heavy (non-hydrogen) atoms. The van der Waals surface area contributed by atoms with Crippen molar-refractivity contribution in [2.75, 3.05) is 26.6 Å². The van der Waals surface area contributed by atoms with Crippen molar-refractivity contribution < 1.29 is 23.5 Å². The van der Waals surface area contributed by atoms with Gasteiger partial charge in [-0.1, -0.05) is 16.8 Å². The largest absolute Gasteiger partial charge is 0.454 e. The summed E-state index contributed by atoms with van der Waals surface area (Å²) in [5.41, 5.74) is 0.743. The molecule has 1 aromatic carbocycles. The average molecular weight is 364 g/mol. The standard InChI is InChI=1S/C16H14ClN3O5/c17-11-5-10(6-13-15(11)24-9-23-13)1-2-14(21)20-3-4-22-7-12(20)16-18-8-25-19-16/h1-2,5-6,8,12H,3-4,7,9H2. The van der Waals surface area contributed by atoms with Gasteiger partial charge in [-0.15, -0.1) is 0 Å². The summed E-state index contributed by atoms with van der Waals surface area (Å²) in [5, 5.41) is 4.25. The Morgan fingerprint density at radius 2 is 2.28 bits per heavy atom. The van der Waals surface area contributed by atoms with E-state index in [4.69, 9.17) is 30.3 Å². The fraction of sp³-hybridized carbons (Fsp3) is 0.312. The number of halogens is 1.